The van der Waals surface area contributed by atoms with Crippen molar-refractivity contribution in [2.75, 3.05) is 26.2 Å². The number of amides is 1. The zero-order chi connectivity index (χ0) is 20.1. The number of nitrogens with zero attached hydrogens (tertiary/aromatic N) is 1. The highest BCUT2D eigenvalue weighted by atomic mass is 16.6. The Balaban J connectivity index is 0.999. The van der Waals surface area contributed by atoms with E-state index in [9.17, 15) is 4.79 Å². The second-order valence-corrected chi connectivity index (χ2v) is 10.7. The number of benzene rings is 1. The number of nitrogens with one attached hydrogen (secondary N) is 1. The molecule has 0 spiro atoms. The summed E-state index contributed by atoms with van der Waals surface area (Å²) in [5.74, 6) is 4.57. The maximum Gasteiger partial charge on any atom is 0.226 e. The largest absolute Gasteiger partial charge is 0.486 e. The Bertz CT molecular complexity index is 766. The monoisotopic (exact) mass is 410 g/mol. The number of carbonyl (C=O) groups excluding carboxylic acids is 1. The van der Waals surface area contributed by atoms with E-state index in [2.05, 4.69) is 10.2 Å². The topological polar surface area (TPSA) is 50.8 Å². The van der Waals surface area contributed by atoms with Crippen molar-refractivity contribution < 1.29 is 14.3 Å². The molecule has 1 aromatic rings. The van der Waals surface area contributed by atoms with Gasteiger partial charge in [-0.25, -0.2) is 0 Å². The first kappa shape index (κ1) is 19.0. The average molecular weight is 411 g/mol. The number of rotatable bonds is 4. The highest BCUT2D eigenvalue weighted by molar-refractivity contribution is 5.83. The van der Waals surface area contributed by atoms with E-state index < -0.39 is 0 Å². The molecule has 1 aromatic carbocycles. The molecule has 1 N–H and O–H groups in total. The van der Waals surface area contributed by atoms with Crippen LogP contribution in [0.1, 0.15) is 51.4 Å². The van der Waals surface area contributed by atoms with Crippen LogP contribution in [0, 0.1) is 23.2 Å². The lowest BCUT2D eigenvalue weighted by Gasteiger charge is -2.56. The minimum absolute atomic E-state index is 0.0213. The molecule has 1 atom stereocenters. The Kier molecular flexibility index (Phi) is 4.70. The van der Waals surface area contributed by atoms with E-state index in [0.29, 0.717) is 18.6 Å². The fourth-order valence-corrected chi connectivity index (χ4v) is 7.43. The highest BCUT2D eigenvalue weighted by Crippen LogP contribution is 2.60. The number of fused-ring (bicyclic) bond motifs is 1. The normalized spacial score (nSPS) is 37.9. The Morgan fingerprint density at radius 3 is 2.30 bits per heavy atom. The van der Waals surface area contributed by atoms with Crippen LogP contribution in [0.4, 0.5) is 0 Å². The van der Waals surface area contributed by atoms with Crippen LogP contribution < -0.4 is 14.8 Å². The lowest BCUT2D eigenvalue weighted by atomic mass is 9.49. The summed E-state index contributed by atoms with van der Waals surface area (Å²) < 4.78 is 12.0. The molecule has 30 heavy (non-hydrogen) atoms. The predicted octanol–water partition coefficient (Wildman–Crippen LogP) is 3.62. The molecule has 0 aromatic heterocycles. The van der Waals surface area contributed by atoms with Gasteiger partial charge in [-0.2, -0.15) is 0 Å². The minimum atomic E-state index is -0.0213. The minimum Gasteiger partial charge on any atom is -0.486 e. The van der Waals surface area contributed by atoms with E-state index in [1.807, 2.05) is 24.3 Å². The molecule has 5 heteroatoms. The molecular formula is C25H34N2O3. The first-order valence-corrected chi connectivity index (χ1v) is 12.1. The maximum atomic E-state index is 13.3. The van der Waals surface area contributed by atoms with E-state index in [-0.39, 0.29) is 11.5 Å². The smallest absolute Gasteiger partial charge is 0.226 e. The van der Waals surface area contributed by atoms with Gasteiger partial charge in [0.25, 0.3) is 0 Å². The summed E-state index contributed by atoms with van der Waals surface area (Å²) in [6.45, 7) is 3.55. The summed E-state index contributed by atoms with van der Waals surface area (Å²) >= 11 is 0. The second kappa shape index (κ2) is 7.44. The van der Waals surface area contributed by atoms with Crippen molar-refractivity contribution in [3.05, 3.63) is 24.3 Å². The van der Waals surface area contributed by atoms with Gasteiger partial charge in [0.05, 0.1) is 0 Å². The van der Waals surface area contributed by atoms with E-state index in [4.69, 9.17) is 9.47 Å². The molecule has 2 heterocycles. The number of hydrogen-bond donors (Lipinski definition) is 1. The van der Waals surface area contributed by atoms with Gasteiger partial charge in [0, 0.05) is 31.1 Å². The van der Waals surface area contributed by atoms with Crippen LogP contribution >= 0.6 is 0 Å². The summed E-state index contributed by atoms with van der Waals surface area (Å²) in [6, 6.07) is 8.25. The fraction of sp³-hybridized carbons (Fsp3) is 0.720. The van der Waals surface area contributed by atoms with Gasteiger partial charge in [-0.3, -0.25) is 9.69 Å². The second-order valence-electron chi connectivity index (χ2n) is 10.7. The third-order valence-electron chi connectivity index (χ3n) is 8.47. The van der Waals surface area contributed by atoms with Crippen LogP contribution in [-0.2, 0) is 4.79 Å². The van der Waals surface area contributed by atoms with Crippen LogP contribution in [0.2, 0.25) is 0 Å². The zero-order valence-electron chi connectivity index (χ0n) is 17.9. The third-order valence-corrected chi connectivity index (χ3v) is 8.47. The van der Waals surface area contributed by atoms with E-state index >= 15 is 0 Å². The van der Waals surface area contributed by atoms with E-state index in [0.717, 1.165) is 81.0 Å². The highest BCUT2D eigenvalue weighted by Gasteiger charge is 2.54. The average Bonchev–Trinajstić information content (AvgIpc) is 2.74. The zero-order valence-corrected chi connectivity index (χ0v) is 17.9. The molecule has 5 nitrogen and oxygen atoms in total. The Hall–Kier alpha value is -1.75. The standard InChI is InChI=1S/C25H34N2O3/c28-24(25-12-17-9-18(13-25)11-19(10-17)14-25)26-20-5-7-27(8-6-20)15-21-16-29-22-3-1-2-4-23(22)30-21/h1-4,17-21H,5-16H2,(H,26,28). The predicted molar refractivity (Wildman–Crippen MR) is 115 cm³/mol. The van der Waals surface area contributed by atoms with E-state index in [1.54, 1.807) is 0 Å². The number of likely N-dealkylation sites (tertiary alicyclic amines) is 1. The summed E-state index contributed by atoms with van der Waals surface area (Å²) in [5.41, 5.74) is -0.0213. The van der Waals surface area contributed by atoms with Gasteiger partial charge < -0.3 is 14.8 Å². The quantitative estimate of drug-likeness (QED) is 0.824. The molecule has 6 aliphatic rings. The summed E-state index contributed by atoms with van der Waals surface area (Å²) in [4.78, 5) is 15.8. The van der Waals surface area contributed by atoms with Gasteiger partial charge in [0.15, 0.2) is 11.5 Å². The number of hydrogen-bond acceptors (Lipinski definition) is 4. The van der Waals surface area contributed by atoms with Gasteiger partial charge in [-0.05, 0) is 81.3 Å². The molecule has 0 radical (unpaired) electrons. The van der Waals surface area contributed by atoms with Crippen molar-refractivity contribution in [2.24, 2.45) is 23.2 Å². The molecule has 4 bridgehead atoms. The lowest BCUT2D eigenvalue weighted by molar-refractivity contribution is -0.147. The van der Waals surface area contributed by atoms with Crippen molar-refractivity contribution in [1.82, 2.24) is 10.2 Å². The molecule has 4 saturated carbocycles. The SMILES string of the molecule is O=C(NC1CCN(CC2COc3ccccc3O2)CC1)C12CC3CC(CC(C3)C1)C2. The number of para-hydroxylation sites is 2. The first-order chi connectivity index (χ1) is 14.6. The van der Waals surface area contributed by atoms with Crippen LogP contribution in [-0.4, -0.2) is 49.2 Å². The van der Waals surface area contributed by atoms with Gasteiger partial charge >= 0.3 is 0 Å². The van der Waals surface area contributed by atoms with Crippen molar-refractivity contribution >= 4 is 5.91 Å². The molecule has 1 amide bonds. The third kappa shape index (κ3) is 3.49. The van der Waals surface area contributed by atoms with Crippen LogP contribution in [0.5, 0.6) is 11.5 Å². The lowest BCUT2D eigenvalue weighted by Crippen LogP contribution is -2.56. The molecular weight excluding hydrogens is 376 g/mol. The Labute approximate surface area is 179 Å². The van der Waals surface area contributed by atoms with Gasteiger partial charge in [0.1, 0.15) is 12.7 Å². The van der Waals surface area contributed by atoms with E-state index in [1.165, 1.54) is 19.3 Å². The fourth-order valence-electron chi connectivity index (χ4n) is 7.43. The molecule has 1 saturated heterocycles. The summed E-state index contributed by atoms with van der Waals surface area (Å²) in [7, 11) is 0. The Morgan fingerprint density at radius 1 is 1.00 bits per heavy atom. The summed E-state index contributed by atoms with van der Waals surface area (Å²) in [6.07, 6.45) is 9.81. The number of carbonyl (C=O) groups is 1. The number of piperidine rings is 1. The molecule has 5 fully saturated rings. The Morgan fingerprint density at radius 2 is 1.63 bits per heavy atom. The molecule has 162 valence electrons. The molecule has 7 rings (SSSR count). The van der Waals surface area contributed by atoms with Gasteiger partial charge in [-0.15, -0.1) is 0 Å². The van der Waals surface area contributed by atoms with Crippen LogP contribution in [0.3, 0.4) is 0 Å². The summed E-state index contributed by atoms with van der Waals surface area (Å²) in [5, 5.41) is 3.49. The van der Waals surface area contributed by atoms with Crippen LogP contribution in [0.15, 0.2) is 24.3 Å². The van der Waals surface area contributed by atoms with Crippen LogP contribution in [0.25, 0.3) is 0 Å². The molecule has 2 aliphatic heterocycles. The van der Waals surface area contributed by atoms with Crippen molar-refractivity contribution in [3.63, 3.8) is 0 Å². The van der Waals surface area contributed by atoms with Gasteiger partial charge in [0.2, 0.25) is 5.91 Å². The number of ether oxygens (including phenoxy) is 2. The maximum absolute atomic E-state index is 13.3. The first-order valence-electron chi connectivity index (χ1n) is 12.1. The molecule has 4 aliphatic carbocycles. The molecule has 1 unspecified atom stereocenters. The van der Waals surface area contributed by atoms with Crippen molar-refractivity contribution in [3.8, 4) is 11.5 Å². The van der Waals surface area contributed by atoms with Gasteiger partial charge in [-0.1, -0.05) is 12.1 Å². The van der Waals surface area contributed by atoms with Crippen molar-refractivity contribution in [1.29, 1.82) is 0 Å². The van der Waals surface area contributed by atoms with Crippen molar-refractivity contribution in [2.45, 2.75) is 63.5 Å².